The van der Waals surface area contributed by atoms with Crippen molar-refractivity contribution in [2.45, 2.75) is 31.7 Å². The summed E-state index contributed by atoms with van der Waals surface area (Å²) in [6.45, 7) is 0.162. The smallest absolute Gasteiger partial charge is 0.331 e. The molecule has 0 radical (unpaired) electrons. The number of nitrogens with one attached hydrogen (secondary N) is 1. The van der Waals surface area contributed by atoms with Gasteiger partial charge >= 0.3 is 6.03 Å². The number of barbiturate groups is 1. The van der Waals surface area contributed by atoms with Crippen LogP contribution in [0.1, 0.15) is 31.2 Å². The molecule has 1 saturated heterocycles. The summed E-state index contributed by atoms with van der Waals surface area (Å²) in [5, 5.41) is 2.27. The van der Waals surface area contributed by atoms with Crippen LogP contribution in [0, 0.1) is 15.9 Å². The summed E-state index contributed by atoms with van der Waals surface area (Å²) in [5.41, 5.74) is 0.631. The molecule has 2 aliphatic rings. The number of urea groups is 1. The molecule has 0 atom stereocenters. The molecule has 1 heterocycles. The summed E-state index contributed by atoms with van der Waals surface area (Å²) >= 11 is 2.10. The van der Waals surface area contributed by atoms with Crippen molar-refractivity contribution in [1.82, 2.24) is 10.2 Å². The van der Waals surface area contributed by atoms with Crippen molar-refractivity contribution in [3.8, 4) is 18.1 Å². The Labute approximate surface area is 165 Å². The lowest BCUT2D eigenvalue weighted by Crippen LogP contribution is -2.57. The minimum atomic E-state index is -0.670. The highest BCUT2D eigenvalue weighted by molar-refractivity contribution is 14.1. The zero-order chi connectivity index (χ0) is 18.7. The van der Waals surface area contributed by atoms with Crippen molar-refractivity contribution >= 4 is 46.5 Å². The van der Waals surface area contributed by atoms with Crippen molar-refractivity contribution in [3.05, 3.63) is 32.9 Å². The molecule has 0 bridgehead atoms. The zero-order valence-corrected chi connectivity index (χ0v) is 16.1. The Morgan fingerprint density at radius 1 is 1.31 bits per heavy atom. The molecule has 134 valence electrons. The van der Waals surface area contributed by atoms with Gasteiger partial charge in [-0.3, -0.25) is 19.8 Å². The Morgan fingerprint density at radius 2 is 2.04 bits per heavy atom. The van der Waals surface area contributed by atoms with E-state index in [0.29, 0.717) is 11.3 Å². The van der Waals surface area contributed by atoms with Crippen molar-refractivity contribution in [2.75, 3.05) is 6.61 Å². The summed E-state index contributed by atoms with van der Waals surface area (Å²) in [4.78, 5) is 38.2. The van der Waals surface area contributed by atoms with Crippen LogP contribution < -0.4 is 10.1 Å². The van der Waals surface area contributed by atoms with Crippen molar-refractivity contribution < 1.29 is 19.1 Å². The van der Waals surface area contributed by atoms with Crippen molar-refractivity contribution in [3.63, 3.8) is 0 Å². The second-order valence-electron chi connectivity index (χ2n) is 6.11. The van der Waals surface area contributed by atoms with Gasteiger partial charge in [-0.05, 0) is 59.2 Å². The number of carbonyl (C=O) groups is 3. The molecule has 0 unspecified atom stereocenters. The third-order valence-electron chi connectivity index (χ3n) is 4.40. The lowest BCUT2D eigenvalue weighted by Gasteiger charge is -2.31. The highest BCUT2D eigenvalue weighted by Gasteiger charge is 2.40. The van der Waals surface area contributed by atoms with E-state index in [-0.39, 0.29) is 18.2 Å². The van der Waals surface area contributed by atoms with Gasteiger partial charge in [-0.1, -0.05) is 24.8 Å². The average Bonchev–Trinajstić information content (AvgIpc) is 3.12. The number of imide groups is 2. The predicted octanol–water partition coefficient (Wildman–Crippen LogP) is 2.71. The van der Waals surface area contributed by atoms with E-state index < -0.39 is 17.8 Å². The Balaban J connectivity index is 1.87. The van der Waals surface area contributed by atoms with E-state index in [9.17, 15) is 14.4 Å². The molecule has 0 spiro atoms. The standard InChI is InChI=1S/C19H17IN2O4/c1-2-9-26-16-8-7-12(11-15(16)20)10-14-17(23)21-19(25)22(18(14)24)13-5-3-4-6-13/h1,7-8,10-11,13H,3-6,9H2,(H,21,23,25)/b14-10+. The zero-order valence-electron chi connectivity index (χ0n) is 14.0. The average molecular weight is 464 g/mol. The highest BCUT2D eigenvalue weighted by atomic mass is 127. The van der Waals surface area contributed by atoms with E-state index in [2.05, 4.69) is 33.8 Å². The number of ether oxygens (including phenoxy) is 1. The number of halogens is 1. The molecule has 1 aromatic carbocycles. The molecule has 1 saturated carbocycles. The molecule has 1 aromatic rings. The second kappa shape index (κ2) is 7.91. The monoisotopic (exact) mass is 464 g/mol. The number of rotatable bonds is 4. The first-order chi connectivity index (χ1) is 12.5. The van der Waals surface area contributed by atoms with Gasteiger partial charge in [-0.2, -0.15) is 0 Å². The number of carbonyl (C=O) groups excluding carboxylic acids is 3. The van der Waals surface area contributed by atoms with Crippen LogP contribution in [-0.2, 0) is 9.59 Å². The molecule has 4 amide bonds. The van der Waals surface area contributed by atoms with Crippen LogP contribution in [0.3, 0.4) is 0 Å². The van der Waals surface area contributed by atoms with E-state index in [0.717, 1.165) is 29.3 Å². The third kappa shape index (κ3) is 3.75. The summed E-state index contributed by atoms with van der Waals surface area (Å²) in [6.07, 6.45) is 10.2. The summed E-state index contributed by atoms with van der Waals surface area (Å²) in [6, 6.07) is 4.49. The third-order valence-corrected chi connectivity index (χ3v) is 5.24. The van der Waals surface area contributed by atoms with Gasteiger partial charge in [-0.15, -0.1) is 6.42 Å². The van der Waals surface area contributed by atoms with Gasteiger partial charge in [0, 0.05) is 6.04 Å². The van der Waals surface area contributed by atoms with Gasteiger partial charge in [0.1, 0.15) is 17.9 Å². The maximum Gasteiger partial charge on any atom is 0.331 e. The lowest BCUT2D eigenvalue weighted by atomic mass is 10.1. The van der Waals surface area contributed by atoms with Crippen LogP contribution in [-0.4, -0.2) is 35.4 Å². The maximum atomic E-state index is 12.8. The minimum Gasteiger partial charge on any atom is -0.480 e. The molecule has 3 rings (SSSR count). The molecule has 2 fully saturated rings. The van der Waals surface area contributed by atoms with Gasteiger partial charge in [0.15, 0.2) is 0 Å². The van der Waals surface area contributed by atoms with Crippen molar-refractivity contribution in [1.29, 1.82) is 0 Å². The molecular weight excluding hydrogens is 447 g/mol. The van der Waals surface area contributed by atoms with E-state index in [1.807, 2.05) is 0 Å². The maximum absolute atomic E-state index is 12.8. The fourth-order valence-corrected chi connectivity index (χ4v) is 3.87. The van der Waals surface area contributed by atoms with E-state index in [1.54, 1.807) is 18.2 Å². The molecular formula is C19H17IN2O4. The first-order valence-electron chi connectivity index (χ1n) is 8.27. The highest BCUT2D eigenvalue weighted by Crippen LogP contribution is 2.28. The molecule has 1 N–H and O–H groups in total. The van der Waals surface area contributed by atoms with Gasteiger partial charge in [0.05, 0.1) is 3.57 Å². The molecule has 26 heavy (non-hydrogen) atoms. The SMILES string of the molecule is C#CCOc1ccc(/C=C2\C(=O)NC(=O)N(C3CCCC3)C2=O)cc1I. The molecule has 1 aliphatic carbocycles. The van der Waals surface area contributed by atoms with Gasteiger partial charge < -0.3 is 4.74 Å². The van der Waals surface area contributed by atoms with Crippen LogP contribution in [0.25, 0.3) is 6.08 Å². The van der Waals surface area contributed by atoms with E-state index >= 15 is 0 Å². The molecule has 0 aromatic heterocycles. The summed E-state index contributed by atoms with van der Waals surface area (Å²) in [5.74, 6) is 1.83. The quantitative estimate of drug-likeness (QED) is 0.322. The Hall–Kier alpha value is -2.34. The topological polar surface area (TPSA) is 75.7 Å². The minimum absolute atomic E-state index is 0.0374. The van der Waals surface area contributed by atoms with Gasteiger partial charge in [0.25, 0.3) is 11.8 Å². The van der Waals surface area contributed by atoms with E-state index in [4.69, 9.17) is 11.2 Å². The lowest BCUT2D eigenvalue weighted by molar-refractivity contribution is -0.131. The van der Waals surface area contributed by atoms with Crippen molar-refractivity contribution in [2.24, 2.45) is 0 Å². The first kappa shape index (κ1) is 18.5. The van der Waals surface area contributed by atoms with Gasteiger partial charge in [-0.25, -0.2) is 4.79 Å². The first-order valence-corrected chi connectivity index (χ1v) is 9.35. The van der Waals surface area contributed by atoms with Gasteiger partial charge in [0.2, 0.25) is 0 Å². The van der Waals surface area contributed by atoms with Crippen LogP contribution in [0.5, 0.6) is 5.75 Å². The largest absolute Gasteiger partial charge is 0.480 e. The molecule has 6 nitrogen and oxygen atoms in total. The van der Waals surface area contributed by atoms with Crippen LogP contribution in [0.15, 0.2) is 23.8 Å². The number of nitrogens with zero attached hydrogens (tertiary/aromatic N) is 1. The second-order valence-corrected chi connectivity index (χ2v) is 7.28. The fraction of sp³-hybridized carbons (Fsp3) is 0.316. The molecule has 1 aliphatic heterocycles. The number of terminal acetylenes is 1. The number of hydrogen-bond donors (Lipinski definition) is 1. The Morgan fingerprint density at radius 3 is 2.69 bits per heavy atom. The Bertz CT molecular complexity index is 834. The number of benzene rings is 1. The fourth-order valence-electron chi connectivity index (χ4n) is 3.18. The number of amides is 4. The Kier molecular flexibility index (Phi) is 5.61. The molecule has 7 heteroatoms. The van der Waals surface area contributed by atoms with Crippen LogP contribution in [0.4, 0.5) is 4.79 Å². The predicted molar refractivity (Wildman–Crippen MR) is 104 cm³/mol. The normalized spacial score (nSPS) is 19.6. The van der Waals surface area contributed by atoms with Crippen LogP contribution in [0.2, 0.25) is 0 Å². The van der Waals surface area contributed by atoms with Crippen LogP contribution >= 0.6 is 22.6 Å². The summed E-state index contributed by atoms with van der Waals surface area (Å²) < 4.78 is 6.21. The number of hydrogen-bond acceptors (Lipinski definition) is 4. The van der Waals surface area contributed by atoms with E-state index in [1.165, 1.54) is 11.0 Å². The summed E-state index contributed by atoms with van der Waals surface area (Å²) in [7, 11) is 0.